The van der Waals surface area contributed by atoms with Crippen LogP contribution in [0.15, 0.2) is 82.2 Å². The SMILES string of the molecule is O=C1/C(=C\c2ccc(OCc3ccc(Cl)cc3)cc2)SC(=S)N1c1cccc(Br)c1. The molecule has 4 rings (SSSR count). The van der Waals surface area contributed by atoms with Crippen molar-refractivity contribution in [2.24, 2.45) is 0 Å². The molecule has 0 N–H and O–H groups in total. The average molecular weight is 517 g/mol. The molecule has 3 aromatic rings. The highest BCUT2D eigenvalue weighted by molar-refractivity contribution is 9.10. The molecule has 150 valence electrons. The lowest BCUT2D eigenvalue weighted by Crippen LogP contribution is -2.27. The third kappa shape index (κ3) is 4.95. The summed E-state index contributed by atoms with van der Waals surface area (Å²) in [5.41, 5.74) is 2.70. The van der Waals surface area contributed by atoms with Crippen molar-refractivity contribution in [1.29, 1.82) is 0 Å². The summed E-state index contributed by atoms with van der Waals surface area (Å²) in [5, 5.41) is 0.702. The molecule has 3 nitrogen and oxygen atoms in total. The minimum Gasteiger partial charge on any atom is -0.489 e. The van der Waals surface area contributed by atoms with Gasteiger partial charge in [0.2, 0.25) is 0 Å². The molecule has 0 bridgehead atoms. The van der Waals surface area contributed by atoms with Crippen molar-refractivity contribution < 1.29 is 9.53 Å². The first-order chi connectivity index (χ1) is 14.5. The molecule has 30 heavy (non-hydrogen) atoms. The summed E-state index contributed by atoms with van der Waals surface area (Å²) in [6.07, 6.45) is 1.85. The van der Waals surface area contributed by atoms with Crippen LogP contribution in [0.4, 0.5) is 5.69 Å². The van der Waals surface area contributed by atoms with Gasteiger partial charge in [0.1, 0.15) is 12.4 Å². The lowest BCUT2D eigenvalue weighted by Gasteiger charge is -2.14. The molecule has 1 fully saturated rings. The molecule has 0 spiro atoms. The second-order valence-corrected chi connectivity index (χ2v) is 9.51. The quantitative estimate of drug-likeness (QED) is 0.267. The van der Waals surface area contributed by atoms with Crippen LogP contribution in [-0.4, -0.2) is 10.2 Å². The van der Waals surface area contributed by atoms with Crippen LogP contribution in [0.2, 0.25) is 5.02 Å². The fourth-order valence-corrected chi connectivity index (χ4v) is 4.68. The second-order valence-electron chi connectivity index (χ2n) is 6.48. The smallest absolute Gasteiger partial charge is 0.270 e. The van der Waals surface area contributed by atoms with E-state index >= 15 is 0 Å². The van der Waals surface area contributed by atoms with Gasteiger partial charge in [0.15, 0.2) is 4.32 Å². The van der Waals surface area contributed by atoms with Crippen molar-refractivity contribution >= 4 is 73.5 Å². The van der Waals surface area contributed by atoms with Gasteiger partial charge in [-0.05, 0) is 59.7 Å². The standard InChI is InChI=1S/C23H15BrClNO2S2/c24-17-2-1-3-19(13-17)26-22(27)21(30-23(26)29)12-15-6-10-20(11-7-15)28-14-16-4-8-18(25)9-5-16/h1-13H,14H2/b21-12+. The van der Waals surface area contributed by atoms with Gasteiger partial charge >= 0.3 is 0 Å². The summed E-state index contributed by atoms with van der Waals surface area (Å²) in [5.74, 6) is 0.634. The molecule has 0 unspecified atom stereocenters. The van der Waals surface area contributed by atoms with Crippen molar-refractivity contribution in [3.63, 3.8) is 0 Å². The number of anilines is 1. The molecule has 1 amide bonds. The van der Waals surface area contributed by atoms with E-state index in [1.807, 2.05) is 78.9 Å². The summed E-state index contributed by atoms with van der Waals surface area (Å²) in [6, 6.07) is 22.7. The topological polar surface area (TPSA) is 29.5 Å². The van der Waals surface area contributed by atoms with Gasteiger partial charge in [0.25, 0.3) is 5.91 Å². The molecule has 1 heterocycles. The number of hydrogen-bond donors (Lipinski definition) is 0. The fourth-order valence-electron chi connectivity index (χ4n) is 2.86. The van der Waals surface area contributed by atoms with Crippen molar-refractivity contribution in [3.8, 4) is 5.75 Å². The first-order valence-electron chi connectivity index (χ1n) is 9.00. The number of halogens is 2. The number of hydrogen-bond acceptors (Lipinski definition) is 4. The molecule has 7 heteroatoms. The Hall–Kier alpha value is -2.12. The zero-order valence-electron chi connectivity index (χ0n) is 15.5. The van der Waals surface area contributed by atoms with E-state index in [1.165, 1.54) is 11.8 Å². The summed E-state index contributed by atoms with van der Waals surface area (Å²) in [4.78, 5) is 15.0. The zero-order valence-corrected chi connectivity index (χ0v) is 19.5. The molecule has 0 radical (unpaired) electrons. The molecule has 0 saturated carbocycles. The monoisotopic (exact) mass is 515 g/mol. The minimum absolute atomic E-state index is 0.119. The van der Waals surface area contributed by atoms with Crippen LogP contribution in [0.25, 0.3) is 6.08 Å². The first-order valence-corrected chi connectivity index (χ1v) is 11.4. The number of thioether (sulfide) groups is 1. The Kier molecular flexibility index (Phi) is 6.58. The van der Waals surface area contributed by atoms with Crippen molar-refractivity contribution in [2.75, 3.05) is 4.90 Å². The number of thiocarbonyl (C=S) groups is 1. The van der Waals surface area contributed by atoms with Gasteiger partial charge in [-0.2, -0.15) is 0 Å². The van der Waals surface area contributed by atoms with Gasteiger partial charge in [-0.3, -0.25) is 9.69 Å². The number of benzene rings is 3. The van der Waals surface area contributed by atoms with Crippen LogP contribution >= 0.6 is 51.5 Å². The van der Waals surface area contributed by atoms with E-state index in [0.29, 0.717) is 20.9 Å². The number of ether oxygens (including phenoxy) is 1. The third-order valence-corrected chi connectivity index (χ3v) is 6.40. The van der Waals surface area contributed by atoms with Gasteiger partial charge < -0.3 is 4.74 Å². The summed E-state index contributed by atoms with van der Waals surface area (Å²) in [6.45, 7) is 0.460. The maximum Gasteiger partial charge on any atom is 0.270 e. The Morgan fingerprint density at radius 1 is 1.07 bits per heavy atom. The second kappa shape index (κ2) is 9.35. The van der Waals surface area contributed by atoms with Gasteiger partial charge in [-0.25, -0.2) is 0 Å². The number of carbonyl (C=O) groups excluding carboxylic acids is 1. The van der Waals surface area contributed by atoms with E-state index in [4.69, 9.17) is 28.6 Å². The molecule has 1 saturated heterocycles. The Balaban J connectivity index is 1.45. The predicted octanol–water partition coefficient (Wildman–Crippen LogP) is 7.09. The van der Waals surface area contributed by atoms with Crippen LogP contribution in [-0.2, 0) is 11.4 Å². The van der Waals surface area contributed by atoms with Crippen LogP contribution in [0.3, 0.4) is 0 Å². The van der Waals surface area contributed by atoms with E-state index in [-0.39, 0.29) is 5.91 Å². The minimum atomic E-state index is -0.119. The molecule has 0 atom stereocenters. The maximum atomic E-state index is 12.9. The van der Waals surface area contributed by atoms with Crippen molar-refractivity contribution in [1.82, 2.24) is 0 Å². The molecular weight excluding hydrogens is 502 g/mol. The summed E-state index contributed by atoms with van der Waals surface area (Å²) < 4.78 is 7.23. The molecular formula is C23H15BrClNO2S2. The normalized spacial score (nSPS) is 15.1. The van der Waals surface area contributed by atoms with Crippen LogP contribution < -0.4 is 9.64 Å². The Labute approximate surface area is 197 Å². The first kappa shape index (κ1) is 21.1. The molecule has 1 aliphatic rings. The van der Waals surface area contributed by atoms with E-state index in [1.54, 1.807) is 4.90 Å². The molecule has 3 aromatic carbocycles. The fraction of sp³-hybridized carbons (Fsp3) is 0.0435. The molecule has 1 aliphatic heterocycles. The van der Waals surface area contributed by atoms with E-state index in [2.05, 4.69) is 15.9 Å². The van der Waals surface area contributed by atoms with E-state index in [0.717, 1.165) is 27.0 Å². The Morgan fingerprint density at radius 2 is 1.80 bits per heavy atom. The number of rotatable bonds is 5. The summed E-state index contributed by atoms with van der Waals surface area (Å²) in [7, 11) is 0. The Bertz CT molecular complexity index is 1130. The summed E-state index contributed by atoms with van der Waals surface area (Å²) >= 11 is 16.1. The average Bonchev–Trinajstić information content (AvgIpc) is 3.01. The zero-order chi connectivity index (χ0) is 21.1. The lowest BCUT2D eigenvalue weighted by atomic mass is 10.2. The van der Waals surface area contributed by atoms with E-state index < -0.39 is 0 Å². The van der Waals surface area contributed by atoms with Crippen LogP contribution in [0.1, 0.15) is 11.1 Å². The predicted molar refractivity (Wildman–Crippen MR) is 132 cm³/mol. The number of amides is 1. The van der Waals surface area contributed by atoms with Gasteiger partial charge in [0.05, 0.1) is 10.6 Å². The maximum absolute atomic E-state index is 12.9. The van der Waals surface area contributed by atoms with E-state index in [9.17, 15) is 4.79 Å². The van der Waals surface area contributed by atoms with Crippen LogP contribution in [0, 0.1) is 0 Å². The third-order valence-electron chi connectivity index (χ3n) is 4.36. The largest absolute Gasteiger partial charge is 0.489 e. The number of carbonyl (C=O) groups is 1. The molecule has 0 aliphatic carbocycles. The van der Waals surface area contributed by atoms with Crippen LogP contribution in [0.5, 0.6) is 5.75 Å². The Morgan fingerprint density at radius 3 is 2.50 bits per heavy atom. The molecule has 0 aromatic heterocycles. The lowest BCUT2D eigenvalue weighted by molar-refractivity contribution is -0.113. The number of nitrogens with zero attached hydrogens (tertiary/aromatic N) is 1. The van der Waals surface area contributed by atoms with Gasteiger partial charge in [0, 0.05) is 9.50 Å². The van der Waals surface area contributed by atoms with Crippen molar-refractivity contribution in [2.45, 2.75) is 6.61 Å². The highest BCUT2D eigenvalue weighted by Gasteiger charge is 2.33. The van der Waals surface area contributed by atoms with Gasteiger partial charge in [-0.15, -0.1) is 0 Å². The van der Waals surface area contributed by atoms with Gasteiger partial charge in [-0.1, -0.05) is 81.8 Å². The highest BCUT2D eigenvalue weighted by Crippen LogP contribution is 2.36. The van der Waals surface area contributed by atoms with Crippen molar-refractivity contribution in [3.05, 3.63) is 98.3 Å². The highest BCUT2D eigenvalue weighted by atomic mass is 79.9.